The summed E-state index contributed by atoms with van der Waals surface area (Å²) in [6.07, 6.45) is 6.51. The van der Waals surface area contributed by atoms with Crippen molar-refractivity contribution in [2.75, 3.05) is 11.9 Å². The highest BCUT2D eigenvalue weighted by Gasteiger charge is 2.14. The number of hydrazone groups is 1. The number of anilines is 1. The Morgan fingerprint density at radius 2 is 1.88 bits per heavy atom. The lowest BCUT2D eigenvalue weighted by molar-refractivity contribution is -0.136. The molecule has 2 rings (SSSR count). The molecule has 0 unspecified atom stereocenters. The van der Waals surface area contributed by atoms with Gasteiger partial charge in [0.1, 0.15) is 12.4 Å². The fourth-order valence-electron chi connectivity index (χ4n) is 1.79. The Morgan fingerprint density at radius 3 is 2.64 bits per heavy atom. The summed E-state index contributed by atoms with van der Waals surface area (Å²) in [6.45, 7) is 0.109. The first kappa shape index (κ1) is 18.0. The van der Waals surface area contributed by atoms with Gasteiger partial charge in [-0.15, -0.1) is 6.42 Å². The second kappa shape index (κ2) is 9.11. The van der Waals surface area contributed by atoms with E-state index in [0.717, 1.165) is 0 Å². The van der Waals surface area contributed by atoms with Crippen LogP contribution in [0.2, 0.25) is 5.02 Å². The third-order valence-corrected chi connectivity index (χ3v) is 3.26. The molecule has 25 heavy (non-hydrogen) atoms. The number of rotatable bonds is 5. The van der Waals surface area contributed by atoms with Crippen LogP contribution in [0.3, 0.4) is 0 Å². The predicted octanol–water partition coefficient (Wildman–Crippen LogP) is 2.44. The molecule has 7 heteroatoms. The molecule has 2 aromatic carbocycles. The van der Waals surface area contributed by atoms with Crippen LogP contribution in [-0.4, -0.2) is 24.6 Å². The van der Waals surface area contributed by atoms with Gasteiger partial charge in [-0.1, -0.05) is 41.8 Å². The number of terminal acetylenes is 1. The van der Waals surface area contributed by atoms with Crippen molar-refractivity contribution < 1.29 is 14.3 Å². The van der Waals surface area contributed by atoms with Gasteiger partial charge in [-0.3, -0.25) is 9.59 Å². The first-order valence-electron chi connectivity index (χ1n) is 7.16. The van der Waals surface area contributed by atoms with E-state index in [0.29, 0.717) is 22.0 Å². The molecular weight excluding hydrogens is 342 g/mol. The Labute approximate surface area is 149 Å². The van der Waals surface area contributed by atoms with Gasteiger partial charge in [-0.25, -0.2) is 5.43 Å². The van der Waals surface area contributed by atoms with Crippen molar-refractivity contribution in [1.82, 2.24) is 5.43 Å². The summed E-state index contributed by atoms with van der Waals surface area (Å²) < 4.78 is 5.35. The number of carbonyl (C=O) groups is 2. The molecule has 0 saturated heterocycles. The topological polar surface area (TPSA) is 79.8 Å². The molecule has 0 bridgehead atoms. The highest BCUT2D eigenvalue weighted by molar-refractivity contribution is 6.41. The van der Waals surface area contributed by atoms with Gasteiger partial charge in [0.2, 0.25) is 0 Å². The van der Waals surface area contributed by atoms with Crippen molar-refractivity contribution in [2.45, 2.75) is 0 Å². The zero-order valence-electron chi connectivity index (χ0n) is 13.0. The average Bonchev–Trinajstić information content (AvgIpc) is 2.62. The number of hydrogen-bond acceptors (Lipinski definition) is 4. The highest BCUT2D eigenvalue weighted by atomic mass is 35.5. The van der Waals surface area contributed by atoms with Crippen LogP contribution in [0, 0.1) is 12.3 Å². The second-order valence-corrected chi connectivity index (χ2v) is 5.07. The van der Waals surface area contributed by atoms with E-state index in [-0.39, 0.29) is 6.61 Å². The number of para-hydroxylation sites is 2. The Kier molecular flexibility index (Phi) is 6.57. The van der Waals surface area contributed by atoms with Crippen LogP contribution in [0.1, 0.15) is 5.56 Å². The summed E-state index contributed by atoms with van der Waals surface area (Å²) >= 11 is 5.91. The van der Waals surface area contributed by atoms with Gasteiger partial charge >= 0.3 is 11.8 Å². The molecule has 6 nitrogen and oxygen atoms in total. The molecule has 2 N–H and O–H groups in total. The van der Waals surface area contributed by atoms with E-state index in [4.69, 9.17) is 22.8 Å². The van der Waals surface area contributed by atoms with E-state index >= 15 is 0 Å². The summed E-state index contributed by atoms with van der Waals surface area (Å²) in [4.78, 5) is 23.6. The fraction of sp³-hybridized carbons (Fsp3) is 0.0556. The Hall–Kier alpha value is -3.30. The standard InChI is InChI=1S/C18H14ClN3O3/c1-2-11-25-16-10-6-3-7-13(16)12-20-22-18(24)17(23)21-15-9-5-4-8-14(15)19/h1,3-10,12H,11H2,(H,21,23)(H,22,24)/b20-12+. The van der Waals surface area contributed by atoms with Crippen LogP contribution in [0.5, 0.6) is 5.75 Å². The minimum Gasteiger partial charge on any atom is -0.480 e. The average molecular weight is 356 g/mol. The summed E-state index contributed by atoms with van der Waals surface area (Å²) in [5.74, 6) is 1.05. The molecule has 0 aliphatic rings. The molecule has 0 aliphatic heterocycles. The first-order chi connectivity index (χ1) is 12.1. The Balaban J connectivity index is 1.95. The van der Waals surface area contributed by atoms with E-state index in [2.05, 4.69) is 21.8 Å². The van der Waals surface area contributed by atoms with Gasteiger partial charge in [0.25, 0.3) is 0 Å². The molecule has 0 fully saturated rings. The van der Waals surface area contributed by atoms with Gasteiger partial charge < -0.3 is 10.1 Å². The number of ether oxygens (including phenoxy) is 1. The van der Waals surface area contributed by atoms with Crippen LogP contribution in [0.4, 0.5) is 5.69 Å². The molecule has 0 aromatic heterocycles. The molecule has 0 heterocycles. The minimum absolute atomic E-state index is 0.109. The van der Waals surface area contributed by atoms with Gasteiger partial charge in [0.15, 0.2) is 0 Å². The van der Waals surface area contributed by atoms with E-state index in [1.807, 2.05) is 0 Å². The Bertz CT molecular complexity index is 843. The highest BCUT2D eigenvalue weighted by Crippen LogP contribution is 2.20. The number of nitrogens with zero attached hydrogens (tertiary/aromatic N) is 1. The molecule has 0 saturated carbocycles. The number of benzene rings is 2. The normalized spacial score (nSPS) is 10.1. The van der Waals surface area contributed by atoms with Crippen LogP contribution in [-0.2, 0) is 9.59 Å². The Morgan fingerprint density at radius 1 is 1.16 bits per heavy atom. The molecule has 2 amide bonds. The number of nitrogens with one attached hydrogen (secondary N) is 2. The first-order valence-corrected chi connectivity index (χ1v) is 7.54. The molecule has 0 radical (unpaired) electrons. The molecule has 0 spiro atoms. The second-order valence-electron chi connectivity index (χ2n) is 4.66. The van der Waals surface area contributed by atoms with Crippen molar-refractivity contribution in [1.29, 1.82) is 0 Å². The fourth-order valence-corrected chi connectivity index (χ4v) is 1.97. The molecule has 126 valence electrons. The molecule has 2 aromatic rings. The monoisotopic (exact) mass is 355 g/mol. The van der Waals surface area contributed by atoms with Crippen LogP contribution in [0.25, 0.3) is 0 Å². The maximum absolute atomic E-state index is 11.8. The SMILES string of the molecule is C#CCOc1ccccc1/C=N/NC(=O)C(=O)Nc1ccccc1Cl. The van der Waals surface area contributed by atoms with E-state index in [9.17, 15) is 9.59 Å². The summed E-state index contributed by atoms with van der Waals surface area (Å²) in [5, 5.41) is 6.47. The smallest absolute Gasteiger partial charge is 0.329 e. The third kappa shape index (κ3) is 5.37. The molecule has 0 aliphatic carbocycles. The van der Waals surface area contributed by atoms with Crippen LogP contribution < -0.4 is 15.5 Å². The van der Waals surface area contributed by atoms with Crippen molar-refractivity contribution in [3.63, 3.8) is 0 Å². The molecule has 0 atom stereocenters. The third-order valence-electron chi connectivity index (χ3n) is 2.93. The maximum Gasteiger partial charge on any atom is 0.329 e. The lowest BCUT2D eigenvalue weighted by Crippen LogP contribution is -2.32. The zero-order valence-corrected chi connectivity index (χ0v) is 13.8. The van der Waals surface area contributed by atoms with Crippen molar-refractivity contribution >= 4 is 35.3 Å². The maximum atomic E-state index is 11.8. The van der Waals surface area contributed by atoms with Crippen LogP contribution in [0.15, 0.2) is 53.6 Å². The number of halogens is 1. The van der Waals surface area contributed by atoms with E-state index < -0.39 is 11.8 Å². The minimum atomic E-state index is -0.932. The van der Waals surface area contributed by atoms with E-state index in [1.165, 1.54) is 6.21 Å². The van der Waals surface area contributed by atoms with Gasteiger partial charge in [0, 0.05) is 5.56 Å². The number of amides is 2. The van der Waals surface area contributed by atoms with E-state index in [1.54, 1.807) is 48.5 Å². The van der Waals surface area contributed by atoms with Crippen molar-refractivity contribution in [2.24, 2.45) is 5.10 Å². The van der Waals surface area contributed by atoms with Gasteiger partial charge in [-0.2, -0.15) is 5.10 Å². The van der Waals surface area contributed by atoms with Crippen molar-refractivity contribution in [3.05, 3.63) is 59.1 Å². The quantitative estimate of drug-likeness (QED) is 0.374. The van der Waals surface area contributed by atoms with Crippen molar-refractivity contribution in [3.8, 4) is 18.1 Å². The van der Waals surface area contributed by atoms with Gasteiger partial charge in [0.05, 0.1) is 16.9 Å². The largest absolute Gasteiger partial charge is 0.480 e. The van der Waals surface area contributed by atoms with Gasteiger partial charge in [-0.05, 0) is 24.3 Å². The lowest BCUT2D eigenvalue weighted by atomic mass is 10.2. The zero-order chi connectivity index (χ0) is 18.1. The number of hydrogen-bond donors (Lipinski definition) is 2. The lowest BCUT2D eigenvalue weighted by Gasteiger charge is -2.06. The molecular formula is C18H14ClN3O3. The summed E-state index contributed by atoms with van der Waals surface area (Å²) in [5.41, 5.74) is 3.07. The summed E-state index contributed by atoms with van der Waals surface area (Å²) in [6, 6.07) is 13.6. The van der Waals surface area contributed by atoms with Crippen LogP contribution >= 0.6 is 11.6 Å². The summed E-state index contributed by atoms with van der Waals surface area (Å²) in [7, 11) is 0. The number of carbonyl (C=O) groups excluding carboxylic acids is 2. The predicted molar refractivity (Wildman–Crippen MR) is 96.6 cm³/mol.